The molecule has 0 amide bonds. The van der Waals surface area contributed by atoms with Crippen LogP contribution in [0.3, 0.4) is 0 Å². The lowest BCUT2D eigenvalue weighted by Crippen LogP contribution is -2.35. The summed E-state index contributed by atoms with van der Waals surface area (Å²) in [5.41, 5.74) is 1.69. The molecule has 160 valence electrons. The number of piperidine rings is 1. The smallest absolute Gasteiger partial charge is 0.338 e. The second-order valence-electron chi connectivity index (χ2n) is 7.45. The first-order chi connectivity index (χ1) is 14.3. The van der Waals surface area contributed by atoms with Gasteiger partial charge in [-0.05, 0) is 49.9 Å². The molecule has 1 aliphatic heterocycles. The molecule has 1 atom stereocenters. The number of ketones is 1. The van der Waals surface area contributed by atoms with E-state index in [9.17, 15) is 18.0 Å². The van der Waals surface area contributed by atoms with Gasteiger partial charge in [0, 0.05) is 18.7 Å². The summed E-state index contributed by atoms with van der Waals surface area (Å²) in [5, 5.41) is 0. The number of nitrogens with zero attached hydrogens (tertiary/aromatic N) is 1. The highest BCUT2D eigenvalue weighted by molar-refractivity contribution is 7.89. The number of benzene rings is 2. The predicted molar refractivity (Wildman–Crippen MR) is 114 cm³/mol. The molecule has 2 aromatic carbocycles. The van der Waals surface area contributed by atoms with E-state index in [2.05, 4.69) is 0 Å². The molecule has 0 aromatic heterocycles. The van der Waals surface area contributed by atoms with Gasteiger partial charge < -0.3 is 4.74 Å². The maximum Gasteiger partial charge on any atom is 0.338 e. The molecule has 7 heteroatoms. The maximum atomic E-state index is 12.8. The van der Waals surface area contributed by atoms with E-state index in [-0.39, 0.29) is 16.2 Å². The molecule has 3 rings (SSSR count). The largest absolute Gasteiger partial charge is 0.451 e. The van der Waals surface area contributed by atoms with Gasteiger partial charge in [0.2, 0.25) is 15.8 Å². The average molecular weight is 430 g/mol. The van der Waals surface area contributed by atoms with Crippen LogP contribution in [-0.2, 0) is 21.2 Å². The van der Waals surface area contributed by atoms with Crippen LogP contribution in [0.5, 0.6) is 0 Å². The number of ether oxygens (including phenoxy) is 1. The highest BCUT2D eigenvalue weighted by Gasteiger charge is 2.27. The number of hydrogen-bond donors (Lipinski definition) is 0. The average Bonchev–Trinajstić information content (AvgIpc) is 2.79. The Bertz CT molecular complexity index is 1010. The molecule has 0 aliphatic carbocycles. The Morgan fingerprint density at radius 2 is 1.67 bits per heavy atom. The second kappa shape index (κ2) is 9.53. The standard InChI is InChI=1S/C23H27NO5S/c1-3-18-10-12-19(13-11-18)22(25)17(2)29-23(26)20-8-7-9-21(16-20)30(27,28)24-14-5-4-6-15-24/h7-13,16-17H,3-6,14-15H2,1-2H3. The highest BCUT2D eigenvalue weighted by atomic mass is 32.2. The van der Waals surface area contributed by atoms with Crippen molar-refractivity contribution in [1.29, 1.82) is 0 Å². The van der Waals surface area contributed by atoms with E-state index in [1.807, 2.05) is 19.1 Å². The summed E-state index contributed by atoms with van der Waals surface area (Å²) in [4.78, 5) is 25.2. The van der Waals surface area contributed by atoms with E-state index < -0.39 is 22.1 Å². The molecule has 6 nitrogen and oxygen atoms in total. The second-order valence-corrected chi connectivity index (χ2v) is 9.39. The SMILES string of the molecule is CCc1ccc(C(=O)C(C)OC(=O)c2cccc(S(=O)(=O)N3CCCCC3)c2)cc1. The Hall–Kier alpha value is -2.51. The first kappa shape index (κ1) is 22.2. The minimum Gasteiger partial charge on any atom is -0.451 e. The van der Waals surface area contributed by atoms with E-state index in [0.717, 1.165) is 31.2 Å². The normalized spacial score (nSPS) is 16.1. The van der Waals surface area contributed by atoms with E-state index in [0.29, 0.717) is 18.7 Å². The predicted octanol–water partition coefficient (Wildman–Crippen LogP) is 3.85. The lowest BCUT2D eigenvalue weighted by atomic mass is 10.0. The van der Waals surface area contributed by atoms with Crippen molar-refractivity contribution < 1.29 is 22.7 Å². The summed E-state index contributed by atoms with van der Waals surface area (Å²) in [6, 6.07) is 13.0. The molecule has 0 saturated carbocycles. The first-order valence-electron chi connectivity index (χ1n) is 10.3. The molecular weight excluding hydrogens is 402 g/mol. The van der Waals surface area contributed by atoms with Crippen LogP contribution in [0.4, 0.5) is 0 Å². The Morgan fingerprint density at radius 1 is 1.00 bits per heavy atom. The van der Waals surface area contributed by atoms with Gasteiger partial charge in [-0.3, -0.25) is 4.79 Å². The van der Waals surface area contributed by atoms with Crippen molar-refractivity contribution in [2.24, 2.45) is 0 Å². The van der Waals surface area contributed by atoms with E-state index in [1.165, 1.54) is 35.5 Å². The van der Waals surface area contributed by atoms with Crippen molar-refractivity contribution in [3.8, 4) is 0 Å². The summed E-state index contributed by atoms with van der Waals surface area (Å²) >= 11 is 0. The fourth-order valence-corrected chi connectivity index (χ4v) is 5.02. The van der Waals surface area contributed by atoms with Gasteiger partial charge in [0.05, 0.1) is 10.5 Å². The number of esters is 1. The molecule has 1 unspecified atom stereocenters. The summed E-state index contributed by atoms with van der Waals surface area (Å²) in [5.74, 6) is -1.03. The number of carbonyl (C=O) groups excluding carboxylic acids is 2. The molecule has 1 fully saturated rings. The molecule has 0 radical (unpaired) electrons. The van der Waals surface area contributed by atoms with Crippen LogP contribution in [0.15, 0.2) is 53.4 Å². The van der Waals surface area contributed by atoms with Crippen LogP contribution in [-0.4, -0.2) is 43.7 Å². The van der Waals surface area contributed by atoms with Crippen LogP contribution in [0, 0.1) is 0 Å². The van der Waals surface area contributed by atoms with Crippen molar-refractivity contribution in [2.45, 2.75) is 50.5 Å². The van der Waals surface area contributed by atoms with Crippen molar-refractivity contribution >= 4 is 21.8 Å². The quantitative estimate of drug-likeness (QED) is 0.493. The monoisotopic (exact) mass is 429 g/mol. The van der Waals surface area contributed by atoms with E-state index in [4.69, 9.17) is 4.74 Å². The van der Waals surface area contributed by atoms with Crippen molar-refractivity contribution in [3.05, 3.63) is 65.2 Å². The number of hydrogen-bond acceptors (Lipinski definition) is 5. The molecular formula is C23H27NO5S. The third kappa shape index (κ3) is 4.96. The molecule has 0 bridgehead atoms. The highest BCUT2D eigenvalue weighted by Crippen LogP contribution is 2.22. The van der Waals surface area contributed by atoms with Gasteiger partial charge >= 0.3 is 5.97 Å². The van der Waals surface area contributed by atoms with E-state index in [1.54, 1.807) is 12.1 Å². The Labute approximate surface area is 177 Å². The summed E-state index contributed by atoms with van der Waals surface area (Å²) in [6.07, 6.45) is 2.58. The first-order valence-corrected chi connectivity index (χ1v) is 11.7. The molecule has 2 aromatic rings. The molecule has 0 N–H and O–H groups in total. The zero-order valence-electron chi connectivity index (χ0n) is 17.3. The van der Waals surface area contributed by atoms with Gasteiger partial charge in [-0.25, -0.2) is 13.2 Å². The molecule has 1 aliphatic rings. The Balaban J connectivity index is 1.72. The van der Waals surface area contributed by atoms with Crippen LogP contribution in [0.25, 0.3) is 0 Å². The molecule has 1 heterocycles. The number of sulfonamides is 1. The van der Waals surface area contributed by atoms with Gasteiger partial charge in [0.1, 0.15) is 0 Å². The number of carbonyl (C=O) groups is 2. The number of aryl methyl sites for hydroxylation is 1. The lowest BCUT2D eigenvalue weighted by molar-refractivity contribution is 0.0318. The Morgan fingerprint density at radius 3 is 2.30 bits per heavy atom. The third-order valence-corrected chi connectivity index (χ3v) is 7.22. The van der Waals surface area contributed by atoms with Crippen molar-refractivity contribution in [3.63, 3.8) is 0 Å². The van der Waals surface area contributed by atoms with Gasteiger partial charge in [0.15, 0.2) is 6.10 Å². The maximum absolute atomic E-state index is 12.8. The summed E-state index contributed by atoms with van der Waals surface area (Å²) < 4.78 is 32.5. The van der Waals surface area contributed by atoms with Crippen LogP contribution in [0.2, 0.25) is 0 Å². The van der Waals surface area contributed by atoms with Gasteiger partial charge in [-0.1, -0.05) is 43.7 Å². The Kier molecular flexibility index (Phi) is 7.05. The minimum atomic E-state index is -3.65. The van der Waals surface area contributed by atoms with Crippen molar-refractivity contribution in [2.75, 3.05) is 13.1 Å². The van der Waals surface area contributed by atoms with Crippen LogP contribution in [0.1, 0.15) is 59.4 Å². The lowest BCUT2D eigenvalue weighted by Gasteiger charge is -2.26. The topological polar surface area (TPSA) is 80.8 Å². The van der Waals surface area contributed by atoms with Gasteiger partial charge in [-0.15, -0.1) is 0 Å². The van der Waals surface area contributed by atoms with E-state index >= 15 is 0 Å². The number of Topliss-reactive ketones (excluding diaryl/α,β-unsaturated/α-hetero) is 1. The van der Waals surface area contributed by atoms with Gasteiger partial charge in [-0.2, -0.15) is 4.31 Å². The molecule has 1 saturated heterocycles. The summed E-state index contributed by atoms with van der Waals surface area (Å²) in [6.45, 7) is 4.52. The van der Waals surface area contributed by atoms with Gasteiger partial charge in [0.25, 0.3) is 0 Å². The fraction of sp³-hybridized carbons (Fsp3) is 0.391. The molecule has 30 heavy (non-hydrogen) atoms. The summed E-state index contributed by atoms with van der Waals surface area (Å²) in [7, 11) is -3.65. The molecule has 0 spiro atoms. The zero-order valence-corrected chi connectivity index (χ0v) is 18.2. The van der Waals surface area contributed by atoms with Crippen LogP contribution < -0.4 is 0 Å². The van der Waals surface area contributed by atoms with Crippen LogP contribution >= 0.6 is 0 Å². The third-order valence-electron chi connectivity index (χ3n) is 5.32. The fourth-order valence-electron chi connectivity index (χ4n) is 3.46. The van der Waals surface area contributed by atoms with Crippen molar-refractivity contribution in [1.82, 2.24) is 4.31 Å². The minimum absolute atomic E-state index is 0.0629. The number of rotatable bonds is 7. The zero-order chi connectivity index (χ0) is 21.7.